The molecule has 1 saturated heterocycles. The second-order valence-electron chi connectivity index (χ2n) is 8.47. The molecule has 0 radical (unpaired) electrons. The lowest BCUT2D eigenvalue weighted by molar-refractivity contribution is 0.0518. The third-order valence-corrected chi connectivity index (χ3v) is 6.12. The summed E-state index contributed by atoms with van der Waals surface area (Å²) in [5, 5.41) is 4.55. The summed E-state index contributed by atoms with van der Waals surface area (Å²) < 4.78 is 6.92. The molecule has 1 aromatic heterocycles. The van der Waals surface area contributed by atoms with Gasteiger partial charge in [-0.25, -0.2) is 9.48 Å². The number of ether oxygens (including phenoxy) is 1. The average Bonchev–Trinajstić information content (AvgIpc) is 3.24. The number of esters is 1. The lowest BCUT2D eigenvalue weighted by atomic mass is 10.1. The summed E-state index contributed by atoms with van der Waals surface area (Å²) >= 11 is 0. The maximum absolute atomic E-state index is 13.1. The SMILES string of the molecule is CCOC(=O)c1cc(-c2ccccc2C)n(-c2ccc(C(=O)N3CCCCCCC3)cc2)n1. The zero-order valence-electron chi connectivity index (χ0n) is 19.4. The number of carbonyl (C=O) groups excluding carboxylic acids is 2. The van der Waals surface area contributed by atoms with Gasteiger partial charge >= 0.3 is 5.97 Å². The monoisotopic (exact) mass is 445 g/mol. The molecule has 0 aliphatic carbocycles. The molecule has 172 valence electrons. The number of aromatic nitrogens is 2. The van der Waals surface area contributed by atoms with Crippen molar-refractivity contribution in [2.45, 2.75) is 46.0 Å². The number of benzene rings is 2. The molecular formula is C27H31N3O3. The minimum absolute atomic E-state index is 0.0789. The van der Waals surface area contributed by atoms with Crippen molar-refractivity contribution in [2.24, 2.45) is 0 Å². The van der Waals surface area contributed by atoms with Crippen molar-refractivity contribution in [3.05, 3.63) is 71.4 Å². The summed E-state index contributed by atoms with van der Waals surface area (Å²) in [6, 6.07) is 17.2. The van der Waals surface area contributed by atoms with E-state index in [0.29, 0.717) is 12.2 Å². The van der Waals surface area contributed by atoms with Crippen LogP contribution in [0.5, 0.6) is 0 Å². The second-order valence-corrected chi connectivity index (χ2v) is 8.47. The Hall–Kier alpha value is -3.41. The van der Waals surface area contributed by atoms with E-state index in [-0.39, 0.29) is 11.6 Å². The van der Waals surface area contributed by atoms with Gasteiger partial charge in [-0.15, -0.1) is 0 Å². The molecule has 2 heterocycles. The van der Waals surface area contributed by atoms with E-state index in [0.717, 1.165) is 48.4 Å². The smallest absolute Gasteiger partial charge is 0.358 e. The van der Waals surface area contributed by atoms with Crippen LogP contribution in [0, 0.1) is 6.92 Å². The van der Waals surface area contributed by atoms with E-state index >= 15 is 0 Å². The Morgan fingerprint density at radius 3 is 2.27 bits per heavy atom. The van der Waals surface area contributed by atoms with Crippen LogP contribution < -0.4 is 0 Å². The Balaban J connectivity index is 1.66. The summed E-state index contributed by atoms with van der Waals surface area (Å²) in [4.78, 5) is 27.4. The van der Waals surface area contributed by atoms with E-state index in [4.69, 9.17) is 4.74 Å². The molecule has 0 saturated carbocycles. The predicted molar refractivity (Wildman–Crippen MR) is 129 cm³/mol. The summed E-state index contributed by atoms with van der Waals surface area (Å²) in [6.07, 6.45) is 5.76. The lowest BCUT2D eigenvalue weighted by Gasteiger charge is -2.25. The second kappa shape index (κ2) is 10.5. The van der Waals surface area contributed by atoms with Gasteiger partial charge < -0.3 is 9.64 Å². The lowest BCUT2D eigenvalue weighted by Crippen LogP contribution is -2.33. The minimum atomic E-state index is -0.449. The third kappa shape index (κ3) is 5.16. The average molecular weight is 446 g/mol. The highest BCUT2D eigenvalue weighted by Gasteiger charge is 2.20. The van der Waals surface area contributed by atoms with Crippen molar-refractivity contribution in [2.75, 3.05) is 19.7 Å². The molecule has 1 aliphatic rings. The van der Waals surface area contributed by atoms with Gasteiger partial charge in [0.1, 0.15) is 0 Å². The molecule has 1 aliphatic heterocycles. The molecule has 1 fully saturated rings. The Morgan fingerprint density at radius 2 is 1.61 bits per heavy atom. The summed E-state index contributed by atoms with van der Waals surface area (Å²) in [5.74, 6) is -0.370. The van der Waals surface area contributed by atoms with Gasteiger partial charge in [0.25, 0.3) is 5.91 Å². The van der Waals surface area contributed by atoms with Crippen LogP contribution in [0.2, 0.25) is 0 Å². The van der Waals surface area contributed by atoms with Crippen molar-refractivity contribution in [3.8, 4) is 16.9 Å². The summed E-state index contributed by atoms with van der Waals surface area (Å²) in [7, 11) is 0. The van der Waals surface area contributed by atoms with Gasteiger partial charge in [-0.2, -0.15) is 5.10 Å². The highest BCUT2D eigenvalue weighted by molar-refractivity contribution is 5.94. The van der Waals surface area contributed by atoms with Crippen molar-refractivity contribution >= 4 is 11.9 Å². The van der Waals surface area contributed by atoms with Crippen molar-refractivity contribution in [1.29, 1.82) is 0 Å². The van der Waals surface area contributed by atoms with Gasteiger partial charge in [-0.1, -0.05) is 43.5 Å². The molecule has 3 aromatic rings. The van der Waals surface area contributed by atoms with Crippen LogP contribution in [-0.2, 0) is 4.74 Å². The Morgan fingerprint density at radius 1 is 0.939 bits per heavy atom. The third-order valence-electron chi connectivity index (χ3n) is 6.12. The van der Waals surface area contributed by atoms with Crippen LogP contribution in [0.1, 0.15) is 65.4 Å². The molecule has 0 atom stereocenters. The van der Waals surface area contributed by atoms with Gasteiger partial charge in [-0.3, -0.25) is 4.79 Å². The Kier molecular flexibility index (Phi) is 7.23. The normalized spacial score (nSPS) is 14.4. The highest BCUT2D eigenvalue weighted by Crippen LogP contribution is 2.27. The predicted octanol–water partition coefficient (Wildman–Crippen LogP) is 5.43. The van der Waals surface area contributed by atoms with Gasteiger partial charge in [0.05, 0.1) is 18.0 Å². The van der Waals surface area contributed by atoms with Crippen molar-refractivity contribution < 1.29 is 14.3 Å². The highest BCUT2D eigenvalue weighted by atomic mass is 16.5. The Labute approximate surface area is 195 Å². The number of likely N-dealkylation sites (tertiary alicyclic amines) is 1. The number of hydrogen-bond donors (Lipinski definition) is 0. The molecule has 33 heavy (non-hydrogen) atoms. The minimum Gasteiger partial charge on any atom is -0.461 e. The first-order valence-corrected chi connectivity index (χ1v) is 11.8. The van der Waals surface area contributed by atoms with E-state index in [1.54, 1.807) is 17.7 Å². The standard InChI is InChI=1S/C27H31N3O3/c1-3-33-27(32)24-19-25(23-12-8-7-11-20(23)2)30(28-24)22-15-13-21(14-16-22)26(31)29-17-9-5-4-6-10-18-29/h7-8,11-16,19H,3-6,9-10,17-18H2,1-2H3. The van der Waals surface area contributed by atoms with E-state index in [2.05, 4.69) is 5.10 Å². The number of nitrogens with zero attached hydrogens (tertiary/aromatic N) is 3. The first-order valence-electron chi connectivity index (χ1n) is 11.8. The molecule has 6 nitrogen and oxygen atoms in total. The maximum Gasteiger partial charge on any atom is 0.358 e. The van der Waals surface area contributed by atoms with Crippen LogP contribution >= 0.6 is 0 Å². The fourth-order valence-electron chi connectivity index (χ4n) is 4.31. The Bertz CT molecular complexity index is 1110. The van der Waals surface area contributed by atoms with Crippen LogP contribution in [0.3, 0.4) is 0 Å². The van der Waals surface area contributed by atoms with Gasteiger partial charge in [0.15, 0.2) is 5.69 Å². The molecule has 4 rings (SSSR count). The molecule has 2 aromatic carbocycles. The van der Waals surface area contributed by atoms with Crippen molar-refractivity contribution in [3.63, 3.8) is 0 Å². The van der Waals surface area contributed by atoms with Gasteiger partial charge in [0, 0.05) is 24.2 Å². The number of hydrogen-bond acceptors (Lipinski definition) is 4. The molecule has 0 spiro atoms. The topological polar surface area (TPSA) is 64.4 Å². The number of amides is 1. The van der Waals surface area contributed by atoms with E-state index in [9.17, 15) is 9.59 Å². The molecular weight excluding hydrogens is 414 g/mol. The molecule has 0 unspecified atom stereocenters. The van der Waals surface area contributed by atoms with Crippen molar-refractivity contribution in [1.82, 2.24) is 14.7 Å². The zero-order chi connectivity index (χ0) is 23.2. The van der Waals surface area contributed by atoms with E-state index < -0.39 is 5.97 Å². The molecule has 0 bridgehead atoms. The number of carbonyl (C=O) groups is 2. The van der Waals surface area contributed by atoms with Crippen LogP contribution in [-0.4, -0.2) is 46.3 Å². The first kappa shape index (κ1) is 22.8. The van der Waals surface area contributed by atoms with E-state index in [1.807, 2.05) is 60.4 Å². The number of rotatable bonds is 5. The number of aryl methyl sites for hydroxylation is 1. The van der Waals surface area contributed by atoms with E-state index in [1.165, 1.54) is 19.3 Å². The van der Waals surface area contributed by atoms with Crippen LogP contribution in [0.15, 0.2) is 54.6 Å². The fraction of sp³-hybridized carbons (Fsp3) is 0.370. The van der Waals surface area contributed by atoms with Crippen LogP contribution in [0.4, 0.5) is 0 Å². The zero-order valence-corrected chi connectivity index (χ0v) is 19.4. The summed E-state index contributed by atoms with van der Waals surface area (Å²) in [5.41, 5.74) is 4.59. The molecule has 0 N–H and O–H groups in total. The fourth-order valence-corrected chi connectivity index (χ4v) is 4.31. The van der Waals surface area contributed by atoms with Crippen LogP contribution in [0.25, 0.3) is 16.9 Å². The first-order chi connectivity index (χ1) is 16.1. The van der Waals surface area contributed by atoms with Gasteiger partial charge in [0.2, 0.25) is 0 Å². The van der Waals surface area contributed by atoms with Gasteiger partial charge in [-0.05, 0) is 62.6 Å². The quantitative estimate of drug-likeness (QED) is 0.491. The summed E-state index contributed by atoms with van der Waals surface area (Å²) in [6.45, 7) is 5.74. The molecule has 6 heteroatoms. The molecule has 1 amide bonds. The largest absolute Gasteiger partial charge is 0.461 e. The maximum atomic E-state index is 13.1.